The first-order valence-corrected chi connectivity index (χ1v) is 13.9. The highest BCUT2D eigenvalue weighted by Gasteiger charge is 2.29. The lowest BCUT2D eigenvalue weighted by Crippen LogP contribution is -2.35. The van der Waals surface area contributed by atoms with Crippen LogP contribution in [-0.2, 0) is 27.8 Å². The molecule has 38 heavy (non-hydrogen) atoms. The number of hydrogen-bond donors (Lipinski definition) is 2. The third-order valence-corrected chi connectivity index (χ3v) is 8.50. The number of rotatable bonds is 8. The first-order valence-electron chi connectivity index (χ1n) is 12.5. The number of benzene rings is 2. The third kappa shape index (κ3) is 7.58. The molecule has 3 aromatic rings. The summed E-state index contributed by atoms with van der Waals surface area (Å²) in [6.07, 6.45) is 6.40. The van der Waals surface area contributed by atoms with Crippen molar-refractivity contribution in [3.63, 3.8) is 0 Å². The number of likely N-dealkylation sites (tertiary alicyclic amines) is 1. The number of piperidine rings is 1. The number of halogens is 1. The molecule has 0 atom stereocenters. The molecule has 0 radical (unpaired) electrons. The van der Waals surface area contributed by atoms with E-state index in [9.17, 15) is 8.42 Å². The molecule has 1 amide bonds. The molecule has 0 saturated carbocycles. The monoisotopic (exact) mass is 563 g/mol. The zero-order chi connectivity index (χ0) is 26.1. The number of nitrogens with zero attached hydrogens (tertiary/aromatic N) is 2. The van der Waals surface area contributed by atoms with Gasteiger partial charge in [-0.15, -0.1) is 12.4 Å². The lowest BCUT2D eigenvalue weighted by molar-refractivity contribution is -0.116. The van der Waals surface area contributed by atoms with Crippen molar-refractivity contribution in [2.45, 2.75) is 37.1 Å². The minimum absolute atomic E-state index is 0. The highest BCUT2D eigenvalue weighted by atomic mass is 35.5. The van der Waals surface area contributed by atoms with E-state index in [4.69, 9.17) is 19.2 Å². The summed E-state index contributed by atoms with van der Waals surface area (Å²) >= 11 is 0. The fraction of sp³-hybridized carbons (Fsp3) is 0.370. The topological polar surface area (TPSA) is 112 Å². The Bertz CT molecular complexity index is 1240. The Kier molecular flexibility index (Phi) is 11.2. The van der Waals surface area contributed by atoms with Crippen LogP contribution in [0.25, 0.3) is 11.1 Å². The van der Waals surface area contributed by atoms with Crippen molar-refractivity contribution < 1.29 is 27.6 Å². The summed E-state index contributed by atoms with van der Waals surface area (Å²) < 4.78 is 39.0. The Labute approximate surface area is 229 Å². The Morgan fingerprint density at radius 2 is 1.58 bits per heavy atom. The van der Waals surface area contributed by atoms with Crippen molar-refractivity contribution in [3.8, 4) is 16.9 Å². The van der Waals surface area contributed by atoms with Crippen LogP contribution in [0.4, 0.5) is 0 Å². The largest absolute Gasteiger partial charge is 0.492 e. The summed E-state index contributed by atoms with van der Waals surface area (Å²) in [6, 6.07) is 17.0. The number of carbonyl (C=O) groups excluding carboxylic acids is 1. The fourth-order valence-electron chi connectivity index (χ4n) is 4.61. The summed E-state index contributed by atoms with van der Waals surface area (Å²) in [5.74, 6) is 1.59. The average Bonchev–Trinajstić information content (AvgIpc) is 3.42. The van der Waals surface area contributed by atoms with Crippen LogP contribution in [0.1, 0.15) is 30.6 Å². The van der Waals surface area contributed by atoms with Gasteiger partial charge in [-0.05, 0) is 79.4 Å². The maximum Gasteiger partial charge on any atom is 0.243 e. The minimum Gasteiger partial charge on any atom is -0.492 e. The summed E-state index contributed by atoms with van der Waals surface area (Å²) in [5, 5.41) is 7.26. The molecule has 1 saturated heterocycles. The quantitative estimate of drug-likeness (QED) is 0.241. The molecule has 1 fully saturated rings. The molecule has 2 N–H and O–H groups in total. The molecule has 2 aromatic carbocycles. The number of hydrogen-bond acceptors (Lipinski definition) is 7. The second-order valence-corrected chi connectivity index (χ2v) is 10.9. The van der Waals surface area contributed by atoms with Crippen LogP contribution in [0.3, 0.4) is 0 Å². The Morgan fingerprint density at radius 1 is 0.947 bits per heavy atom. The smallest absolute Gasteiger partial charge is 0.243 e. The molecule has 5 rings (SSSR count). The number of hydroxylamine groups is 1. The highest BCUT2D eigenvalue weighted by Crippen LogP contribution is 2.28. The van der Waals surface area contributed by atoms with E-state index in [2.05, 4.69) is 4.90 Å². The van der Waals surface area contributed by atoms with Gasteiger partial charge < -0.3 is 9.15 Å². The van der Waals surface area contributed by atoms with Gasteiger partial charge in [-0.25, -0.2) is 13.9 Å². The van der Waals surface area contributed by atoms with Gasteiger partial charge in [0, 0.05) is 13.1 Å². The van der Waals surface area contributed by atoms with E-state index in [1.807, 2.05) is 42.5 Å². The van der Waals surface area contributed by atoms with Gasteiger partial charge >= 0.3 is 0 Å². The predicted molar refractivity (Wildman–Crippen MR) is 146 cm³/mol. The van der Waals surface area contributed by atoms with Crippen LogP contribution in [0.2, 0.25) is 0 Å². The third-order valence-electron chi connectivity index (χ3n) is 6.65. The second kappa shape index (κ2) is 14.3. The van der Waals surface area contributed by atoms with Crippen LogP contribution in [0.5, 0.6) is 5.75 Å². The molecule has 0 aliphatic carbocycles. The van der Waals surface area contributed by atoms with Crippen molar-refractivity contribution in [2.75, 3.05) is 32.8 Å². The Morgan fingerprint density at radius 3 is 2.21 bits per heavy atom. The zero-order valence-corrected chi connectivity index (χ0v) is 22.8. The molecule has 0 bridgehead atoms. The molecular formula is C27H34ClN3O6S. The number of fused-ring (bicyclic) bond motifs is 1. The second-order valence-electron chi connectivity index (χ2n) is 9.00. The number of sulfonamides is 1. The van der Waals surface area contributed by atoms with Crippen LogP contribution in [-0.4, -0.2) is 62.0 Å². The van der Waals surface area contributed by atoms with Gasteiger partial charge in [0.2, 0.25) is 16.4 Å². The molecule has 2 aliphatic heterocycles. The van der Waals surface area contributed by atoms with Crippen molar-refractivity contribution in [1.29, 1.82) is 0 Å². The molecule has 1 aromatic heterocycles. The van der Waals surface area contributed by atoms with Crippen LogP contribution < -0.4 is 10.2 Å². The van der Waals surface area contributed by atoms with Crippen molar-refractivity contribution >= 4 is 28.8 Å². The van der Waals surface area contributed by atoms with Gasteiger partial charge in [-0.2, -0.15) is 4.31 Å². The van der Waals surface area contributed by atoms with E-state index in [0.29, 0.717) is 24.5 Å². The summed E-state index contributed by atoms with van der Waals surface area (Å²) in [6.45, 7) is 4.77. The van der Waals surface area contributed by atoms with E-state index >= 15 is 0 Å². The normalized spacial score (nSPS) is 15.8. The number of furan rings is 1. The number of carbonyl (C=O) groups is 1. The van der Waals surface area contributed by atoms with Gasteiger partial charge in [0.05, 0.1) is 17.7 Å². The van der Waals surface area contributed by atoms with Crippen LogP contribution in [0, 0.1) is 0 Å². The maximum absolute atomic E-state index is 13.1. The molecule has 0 spiro atoms. The SMILES string of the molecule is Cl.O=CNO.O=S(=O)(c1ccc(-c2ccc(OCCN3CCCCC3)cc2)cc1)N1CCc2ccoc2C1. The van der Waals surface area contributed by atoms with Crippen molar-refractivity contribution in [2.24, 2.45) is 0 Å². The molecule has 2 aliphatic rings. The molecule has 3 heterocycles. The maximum atomic E-state index is 13.1. The average molecular weight is 564 g/mol. The van der Waals surface area contributed by atoms with Gasteiger partial charge in [0.25, 0.3) is 0 Å². The predicted octanol–water partition coefficient (Wildman–Crippen LogP) is 4.10. The summed E-state index contributed by atoms with van der Waals surface area (Å²) in [7, 11) is -3.56. The Hall–Kier alpha value is -2.89. The van der Waals surface area contributed by atoms with Gasteiger partial charge in [0.1, 0.15) is 18.1 Å². The van der Waals surface area contributed by atoms with Gasteiger partial charge in [-0.1, -0.05) is 30.7 Å². The van der Waals surface area contributed by atoms with E-state index in [1.165, 1.54) is 42.1 Å². The lowest BCUT2D eigenvalue weighted by Gasteiger charge is -2.26. The van der Waals surface area contributed by atoms with E-state index in [0.717, 1.165) is 34.7 Å². The molecule has 9 nitrogen and oxygen atoms in total. The fourth-order valence-corrected chi connectivity index (χ4v) is 6.00. The summed E-state index contributed by atoms with van der Waals surface area (Å²) in [4.78, 5) is 11.6. The first kappa shape index (κ1) is 29.7. The lowest BCUT2D eigenvalue weighted by atomic mass is 10.1. The van der Waals surface area contributed by atoms with E-state index in [1.54, 1.807) is 18.4 Å². The molecular weight excluding hydrogens is 530 g/mol. The van der Waals surface area contributed by atoms with Gasteiger partial charge in [0.15, 0.2) is 0 Å². The zero-order valence-electron chi connectivity index (χ0n) is 21.1. The number of nitrogens with one attached hydrogen (secondary N) is 1. The number of ether oxygens (including phenoxy) is 1. The minimum atomic E-state index is -3.56. The van der Waals surface area contributed by atoms with Crippen molar-refractivity contribution in [1.82, 2.24) is 14.7 Å². The van der Waals surface area contributed by atoms with E-state index in [-0.39, 0.29) is 25.4 Å². The first-order chi connectivity index (χ1) is 18.0. The number of amides is 1. The molecule has 0 unspecified atom stereocenters. The Balaban J connectivity index is 0.000000749. The standard InChI is InChI=1S/C26H30N2O4S.CH3NO2.ClH/c29-33(30,28-16-12-23-13-18-32-26(23)20-28)25-10-6-22(7-11-25)21-4-8-24(9-5-21)31-19-17-27-14-2-1-3-15-27;3-1-2-4;/h4-11,13,18H,1-3,12,14-17,19-20H2;1,4H,(H,2,3);1H. The van der Waals surface area contributed by atoms with E-state index < -0.39 is 10.0 Å². The van der Waals surface area contributed by atoms with Crippen LogP contribution in [0.15, 0.2) is 70.2 Å². The highest BCUT2D eigenvalue weighted by molar-refractivity contribution is 7.89. The molecule has 206 valence electrons. The van der Waals surface area contributed by atoms with Crippen LogP contribution >= 0.6 is 12.4 Å². The summed E-state index contributed by atoms with van der Waals surface area (Å²) in [5.41, 5.74) is 4.34. The van der Waals surface area contributed by atoms with Gasteiger partial charge in [-0.3, -0.25) is 14.9 Å². The molecule has 11 heteroatoms. The van der Waals surface area contributed by atoms with Crippen molar-refractivity contribution in [3.05, 3.63) is 72.2 Å².